The van der Waals surface area contributed by atoms with Crippen LogP contribution in [0.15, 0.2) is 84.6 Å². The van der Waals surface area contributed by atoms with E-state index in [9.17, 15) is 9.90 Å². The van der Waals surface area contributed by atoms with Gasteiger partial charge in [-0.15, -0.1) is 0 Å². The summed E-state index contributed by atoms with van der Waals surface area (Å²) in [7, 11) is 0. The summed E-state index contributed by atoms with van der Waals surface area (Å²) in [4.78, 5) is 11.3. The molecule has 0 aliphatic carbocycles. The van der Waals surface area contributed by atoms with Crippen LogP contribution >= 0.6 is 0 Å². The predicted molar refractivity (Wildman–Crippen MR) is 128 cm³/mol. The van der Waals surface area contributed by atoms with Crippen molar-refractivity contribution in [2.45, 2.75) is 39.7 Å². The molecule has 0 aromatic heterocycles. The summed E-state index contributed by atoms with van der Waals surface area (Å²) in [6.45, 7) is 6.25. The van der Waals surface area contributed by atoms with E-state index in [2.05, 4.69) is 55.5 Å². The third-order valence-corrected chi connectivity index (χ3v) is 5.35. The lowest BCUT2D eigenvalue weighted by molar-refractivity contribution is -0.149. The molecule has 0 aliphatic heterocycles. The number of ether oxygens (including phenoxy) is 2. The monoisotopic (exact) mass is 430 g/mol. The Balaban J connectivity index is 1.62. The van der Waals surface area contributed by atoms with Crippen molar-refractivity contribution in [3.63, 3.8) is 0 Å². The van der Waals surface area contributed by atoms with Crippen molar-refractivity contribution in [2.75, 3.05) is 6.61 Å². The van der Waals surface area contributed by atoms with Crippen molar-refractivity contribution < 1.29 is 19.4 Å². The Morgan fingerprint density at radius 3 is 2.22 bits per heavy atom. The van der Waals surface area contributed by atoms with Crippen LogP contribution in [0.1, 0.15) is 30.5 Å². The highest BCUT2D eigenvalue weighted by molar-refractivity contribution is 5.72. The van der Waals surface area contributed by atoms with Crippen LogP contribution < -0.4 is 4.74 Å². The molecule has 0 heterocycles. The van der Waals surface area contributed by atoms with Crippen molar-refractivity contribution in [1.82, 2.24) is 0 Å². The second kappa shape index (κ2) is 11.3. The smallest absolute Gasteiger partial charge is 0.333 e. The maximum Gasteiger partial charge on any atom is 0.333 e. The summed E-state index contributed by atoms with van der Waals surface area (Å²) in [5, 5.41) is 9.25. The Labute approximate surface area is 190 Å². The Morgan fingerprint density at radius 1 is 0.969 bits per heavy atom. The molecule has 4 heteroatoms. The van der Waals surface area contributed by atoms with E-state index in [0.29, 0.717) is 19.4 Å². The van der Waals surface area contributed by atoms with Crippen LogP contribution in [0.2, 0.25) is 0 Å². The Morgan fingerprint density at radius 2 is 1.62 bits per heavy atom. The zero-order valence-electron chi connectivity index (χ0n) is 18.9. The van der Waals surface area contributed by atoms with Crippen LogP contribution in [-0.2, 0) is 22.4 Å². The molecule has 32 heavy (non-hydrogen) atoms. The van der Waals surface area contributed by atoms with Gasteiger partial charge in [-0.2, -0.15) is 0 Å². The zero-order valence-corrected chi connectivity index (χ0v) is 18.9. The summed E-state index contributed by atoms with van der Waals surface area (Å²) in [5.74, 6) is 0.637. The molecule has 0 fully saturated rings. The molecule has 0 saturated heterocycles. The lowest BCUT2D eigenvalue weighted by atomic mass is 9.99. The van der Waals surface area contributed by atoms with Gasteiger partial charge in [0.15, 0.2) is 6.10 Å². The van der Waals surface area contributed by atoms with Gasteiger partial charge < -0.3 is 14.6 Å². The van der Waals surface area contributed by atoms with E-state index < -0.39 is 12.1 Å². The number of aryl methyl sites for hydroxylation is 1. The minimum absolute atomic E-state index is 0.327. The van der Waals surface area contributed by atoms with Gasteiger partial charge in [-0.25, -0.2) is 4.79 Å². The number of carbonyl (C=O) groups is 1. The average Bonchev–Trinajstić information content (AvgIpc) is 2.80. The molecule has 4 nitrogen and oxygen atoms in total. The van der Waals surface area contributed by atoms with Crippen LogP contribution in [0.4, 0.5) is 0 Å². The Hall–Kier alpha value is -3.37. The number of aliphatic carboxylic acids is 1. The third-order valence-electron chi connectivity index (χ3n) is 5.35. The van der Waals surface area contributed by atoms with Crippen LogP contribution in [0.5, 0.6) is 5.75 Å². The fourth-order valence-corrected chi connectivity index (χ4v) is 3.57. The van der Waals surface area contributed by atoms with E-state index in [1.807, 2.05) is 37.3 Å². The fraction of sp³-hybridized carbons (Fsp3) is 0.250. The van der Waals surface area contributed by atoms with Gasteiger partial charge in [0.05, 0.1) is 0 Å². The van der Waals surface area contributed by atoms with Crippen molar-refractivity contribution in [3.05, 3.63) is 101 Å². The quantitative estimate of drug-likeness (QED) is 0.388. The van der Waals surface area contributed by atoms with Gasteiger partial charge in [0, 0.05) is 19.4 Å². The molecule has 0 amide bonds. The number of rotatable bonds is 10. The van der Waals surface area contributed by atoms with Gasteiger partial charge in [0.1, 0.15) is 11.5 Å². The lowest BCUT2D eigenvalue weighted by Gasteiger charge is -2.14. The minimum atomic E-state index is -0.947. The first kappa shape index (κ1) is 23.3. The lowest BCUT2D eigenvalue weighted by Crippen LogP contribution is -2.26. The largest absolute Gasteiger partial charge is 0.479 e. The fourth-order valence-electron chi connectivity index (χ4n) is 3.57. The van der Waals surface area contributed by atoms with Crippen molar-refractivity contribution >= 4 is 5.97 Å². The summed E-state index contributed by atoms with van der Waals surface area (Å²) < 4.78 is 11.4. The molecule has 0 saturated carbocycles. The number of benzene rings is 3. The first-order valence-electron chi connectivity index (χ1n) is 10.9. The Kier molecular flexibility index (Phi) is 8.23. The predicted octanol–water partition coefficient (Wildman–Crippen LogP) is 6.22. The van der Waals surface area contributed by atoms with Crippen molar-refractivity contribution in [3.8, 4) is 16.9 Å². The number of hydrogen-bond donors (Lipinski definition) is 1. The van der Waals surface area contributed by atoms with Crippen molar-refractivity contribution in [1.29, 1.82) is 0 Å². The normalized spacial score (nSPS) is 12.4. The molecule has 0 aliphatic rings. The Bertz CT molecular complexity index is 1050. The first-order chi connectivity index (χ1) is 15.5. The second-order valence-electron chi connectivity index (χ2n) is 7.68. The van der Waals surface area contributed by atoms with Crippen LogP contribution in [-0.4, -0.2) is 23.8 Å². The highest BCUT2D eigenvalue weighted by atomic mass is 16.5. The van der Waals surface area contributed by atoms with Crippen LogP contribution in [0, 0.1) is 6.92 Å². The molecule has 3 aromatic rings. The first-order valence-corrected chi connectivity index (χ1v) is 10.9. The van der Waals surface area contributed by atoms with Gasteiger partial charge in [0.2, 0.25) is 0 Å². The SMILES string of the molecule is CC=C(Cc1ccc(-c2ccccc2C)cc1)Oc1ccc(CC(OCC)C(=O)O)cc1. The molecule has 166 valence electrons. The second-order valence-corrected chi connectivity index (χ2v) is 7.68. The van der Waals surface area contributed by atoms with E-state index in [0.717, 1.165) is 17.1 Å². The van der Waals surface area contributed by atoms with Gasteiger partial charge >= 0.3 is 5.97 Å². The standard InChI is InChI=1S/C28H30O4/c1-4-24(18-21-10-14-23(15-11-21)26-9-7-6-8-20(26)3)32-25-16-12-22(13-17-25)19-27(28(29)30)31-5-2/h4,6-17,27H,5,18-19H2,1-3H3,(H,29,30). The van der Waals surface area contributed by atoms with E-state index in [1.165, 1.54) is 22.3 Å². The summed E-state index contributed by atoms with van der Waals surface area (Å²) in [6, 6.07) is 24.5. The third kappa shape index (κ3) is 6.32. The average molecular weight is 431 g/mol. The number of allylic oxidation sites excluding steroid dienone is 2. The van der Waals surface area contributed by atoms with E-state index in [1.54, 1.807) is 6.92 Å². The topological polar surface area (TPSA) is 55.8 Å². The molecule has 1 atom stereocenters. The van der Waals surface area contributed by atoms with E-state index in [4.69, 9.17) is 9.47 Å². The number of hydrogen-bond acceptors (Lipinski definition) is 3. The molecule has 1 unspecified atom stereocenters. The zero-order chi connectivity index (χ0) is 22.9. The molecular weight excluding hydrogens is 400 g/mol. The number of carboxylic acids is 1. The van der Waals surface area contributed by atoms with Gasteiger partial charge in [-0.3, -0.25) is 0 Å². The molecule has 1 N–H and O–H groups in total. The minimum Gasteiger partial charge on any atom is -0.479 e. The highest BCUT2D eigenvalue weighted by Gasteiger charge is 2.17. The molecule has 3 aromatic carbocycles. The number of carboxylic acid groups (broad SMARTS) is 1. The van der Waals surface area contributed by atoms with Gasteiger partial charge in [-0.1, -0.05) is 60.7 Å². The van der Waals surface area contributed by atoms with Gasteiger partial charge in [-0.05, 0) is 66.8 Å². The van der Waals surface area contributed by atoms with Crippen LogP contribution in [0.3, 0.4) is 0 Å². The van der Waals surface area contributed by atoms with E-state index >= 15 is 0 Å². The highest BCUT2D eigenvalue weighted by Crippen LogP contribution is 2.24. The van der Waals surface area contributed by atoms with Crippen LogP contribution in [0.25, 0.3) is 11.1 Å². The maximum atomic E-state index is 11.3. The van der Waals surface area contributed by atoms with Crippen molar-refractivity contribution in [2.24, 2.45) is 0 Å². The summed E-state index contributed by atoms with van der Waals surface area (Å²) in [6.07, 6.45) is 2.16. The molecular formula is C28H30O4. The summed E-state index contributed by atoms with van der Waals surface area (Å²) >= 11 is 0. The molecule has 0 spiro atoms. The maximum absolute atomic E-state index is 11.3. The molecule has 0 radical (unpaired) electrons. The van der Waals surface area contributed by atoms with E-state index in [-0.39, 0.29) is 0 Å². The molecule has 0 bridgehead atoms. The summed E-state index contributed by atoms with van der Waals surface area (Å²) in [5.41, 5.74) is 5.78. The molecule has 3 rings (SSSR count). The van der Waals surface area contributed by atoms with Gasteiger partial charge in [0.25, 0.3) is 0 Å².